The molecule has 1 N–H and O–H groups in total. The van der Waals surface area contributed by atoms with Crippen molar-refractivity contribution in [1.29, 1.82) is 0 Å². The van der Waals surface area contributed by atoms with E-state index in [0.717, 1.165) is 30.7 Å². The molecular formula is C17H28N2O. The number of furan rings is 1. The maximum atomic E-state index is 5.73. The van der Waals surface area contributed by atoms with E-state index in [2.05, 4.69) is 37.1 Å². The number of nitrogens with one attached hydrogen (secondary N) is 1. The minimum Gasteiger partial charge on any atom is -0.468 e. The molecule has 3 rings (SSSR count). The van der Waals surface area contributed by atoms with Gasteiger partial charge >= 0.3 is 0 Å². The Hall–Kier alpha value is -0.800. The molecule has 20 heavy (non-hydrogen) atoms. The highest BCUT2D eigenvalue weighted by atomic mass is 16.3. The van der Waals surface area contributed by atoms with Crippen molar-refractivity contribution in [2.24, 2.45) is 11.8 Å². The van der Waals surface area contributed by atoms with Gasteiger partial charge in [-0.2, -0.15) is 0 Å². The summed E-state index contributed by atoms with van der Waals surface area (Å²) in [6.07, 6.45) is 6.25. The number of hydrogen-bond acceptors (Lipinski definition) is 3. The smallest absolute Gasteiger partial charge is 0.118 e. The normalized spacial score (nSPS) is 27.1. The summed E-state index contributed by atoms with van der Waals surface area (Å²) in [6, 6.07) is 2.22. The van der Waals surface area contributed by atoms with Crippen LogP contribution in [0.2, 0.25) is 0 Å². The van der Waals surface area contributed by atoms with Gasteiger partial charge in [-0.15, -0.1) is 0 Å². The molecule has 0 amide bonds. The molecule has 1 saturated carbocycles. The molecule has 1 aliphatic carbocycles. The van der Waals surface area contributed by atoms with Gasteiger partial charge in [0.05, 0.1) is 12.8 Å². The summed E-state index contributed by atoms with van der Waals surface area (Å²) in [7, 11) is 0. The first-order valence-electron chi connectivity index (χ1n) is 8.03. The summed E-state index contributed by atoms with van der Waals surface area (Å²) in [5.74, 6) is 3.05. The van der Waals surface area contributed by atoms with Gasteiger partial charge in [0.2, 0.25) is 0 Å². The van der Waals surface area contributed by atoms with Gasteiger partial charge in [-0.1, -0.05) is 6.42 Å². The fraction of sp³-hybridized carbons (Fsp3) is 0.765. The second-order valence-corrected chi connectivity index (χ2v) is 7.67. The van der Waals surface area contributed by atoms with Crippen LogP contribution in [0.4, 0.5) is 0 Å². The lowest BCUT2D eigenvalue weighted by molar-refractivity contribution is 0.276. The Morgan fingerprint density at radius 2 is 1.95 bits per heavy atom. The van der Waals surface area contributed by atoms with Crippen LogP contribution in [0.15, 0.2) is 16.7 Å². The van der Waals surface area contributed by atoms with E-state index < -0.39 is 0 Å². The van der Waals surface area contributed by atoms with Crippen LogP contribution in [-0.2, 0) is 13.1 Å². The summed E-state index contributed by atoms with van der Waals surface area (Å²) in [4.78, 5) is 2.58. The van der Waals surface area contributed by atoms with Gasteiger partial charge in [-0.3, -0.25) is 4.90 Å². The average Bonchev–Trinajstić information content (AvgIpc) is 3.01. The Balaban J connectivity index is 1.50. The third-order valence-electron chi connectivity index (χ3n) is 4.71. The van der Waals surface area contributed by atoms with Crippen LogP contribution < -0.4 is 5.32 Å². The highest BCUT2D eigenvalue weighted by Gasteiger charge is 2.36. The zero-order chi connectivity index (χ0) is 14.2. The van der Waals surface area contributed by atoms with Gasteiger partial charge in [0.1, 0.15) is 5.76 Å². The predicted octanol–water partition coefficient (Wildman–Crippen LogP) is 3.40. The van der Waals surface area contributed by atoms with E-state index in [1.807, 2.05) is 6.26 Å². The number of hydrogen-bond donors (Lipinski definition) is 1. The average molecular weight is 276 g/mol. The third kappa shape index (κ3) is 3.44. The van der Waals surface area contributed by atoms with Crippen molar-refractivity contribution in [2.45, 2.75) is 58.7 Å². The zero-order valence-electron chi connectivity index (χ0n) is 13.1. The number of likely N-dealkylation sites (tertiary alicyclic amines) is 1. The Bertz CT molecular complexity index is 434. The van der Waals surface area contributed by atoms with Gasteiger partial charge in [0.15, 0.2) is 0 Å². The van der Waals surface area contributed by atoms with Gasteiger partial charge in [0, 0.05) is 30.7 Å². The first-order valence-corrected chi connectivity index (χ1v) is 8.03. The molecule has 112 valence electrons. The highest BCUT2D eigenvalue weighted by molar-refractivity contribution is 5.13. The summed E-state index contributed by atoms with van der Waals surface area (Å²) in [5, 5.41) is 3.50. The Morgan fingerprint density at radius 1 is 1.25 bits per heavy atom. The molecular weight excluding hydrogens is 248 g/mol. The number of fused-ring (bicyclic) bond motifs is 1. The minimum atomic E-state index is 0.157. The Kier molecular flexibility index (Phi) is 3.91. The van der Waals surface area contributed by atoms with Crippen molar-refractivity contribution in [3.05, 3.63) is 23.7 Å². The second-order valence-electron chi connectivity index (χ2n) is 7.67. The van der Waals surface area contributed by atoms with Crippen LogP contribution in [0.5, 0.6) is 0 Å². The third-order valence-corrected chi connectivity index (χ3v) is 4.71. The molecule has 1 aliphatic heterocycles. The molecule has 0 bridgehead atoms. The summed E-state index contributed by atoms with van der Waals surface area (Å²) >= 11 is 0. The monoisotopic (exact) mass is 276 g/mol. The molecule has 2 heterocycles. The molecule has 1 aromatic heterocycles. The minimum absolute atomic E-state index is 0.157. The highest BCUT2D eigenvalue weighted by Crippen LogP contribution is 2.38. The summed E-state index contributed by atoms with van der Waals surface area (Å²) < 4.78 is 5.73. The summed E-state index contributed by atoms with van der Waals surface area (Å²) in [5.41, 5.74) is 1.42. The van der Waals surface area contributed by atoms with Crippen LogP contribution in [0.25, 0.3) is 0 Å². The van der Waals surface area contributed by atoms with Gasteiger partial charge in [-0.25, -0.2) is 0 Å². The molecule has 2 fully saturated rings. The molecule has 0 radical (unpaired) electrons. The first kappa shape index (κ1) is 14.2. The van der Waals surface area contributed by atoms with Crippen molar-refractivity contribution in [3.63, 3.8) is 0 Å². The van der Waals surface area contributed by atoms with Gasteiger partial charge in [-0.05, 0) is 51.5 Å². The van der Waals surface area contributed by atoms with Gasteiger partial charge < -0.3 is 9.73 Å². The predicted molar refractivity (Wildman–Crippen MR) is 81.4 cm³/mol. The van der Waals surface area contributed by atoms with Crippen molar-refractivity contribution >= 4 is 0 Å². The molecule has 3 nitrogen and oxygen atoms in total. The first-order chi connectivity index (χ1) is 9.49. The second kappa shape index (κ2) is 5.53. The van der Waals surface area contributed by atoms with E-state index >= 15 is 0 Å². The van der Waals surface area contributed by atoms with Crippen molar-refractivity contribution in [3.8, 4) is 0 Å². The number of rotatable bonds is 4. The van der Waals surface area contributed by atoms with Crippen LogP contribution in [0.3, 0.4) is 0 Å². The SMILES string of the molecule is CC(C)(C)NCc1coc(CN2CC3CCCC3C2)c1. The van der Waals surface area contributed by atoms with Gasteiger partial charge in [0.25, 0.3) is 0 Å². The molecule has 1 aromatic rings. The summed E-state index contributed by atoms with van der Waals surface area (Å²) in [6.45, 7) is 11.0. The molecule has 1 saturated heterocycles. The quantitative estimate of drug-likeness (QED) is 0.913. The zero-order valence-corrected chi connectivity index (χ0v) is 13.1. The molecule has 3 heteroatoms. The maximum Gasteiger partial charge on any atom is 0.118 e. The molecule has 2 aliphatic rings. The Labute approximate surface area is 122 Å². The largest absolute Gasteiger partial charge is 0.468 e. The molecule has 2 unspecified atom stereocenters. The van der Waals surface area contributed by atoms with E-state index in [4.69, 9.17) is 4.42 Å². The lowest BCUT2D eigenvalue weighted by atomic mass is 10.0. The van der Waals surface area contributed by atoms with Crippen LogP contribution in [-0.4, -0.2) is 23.5 Å². The van der Waals surface area contributed by atoms with Crippen LogP contribution >= 0.6 is 0 Å². The van der Waals surface area contributed by atoms with Crippen molar-refractivity contribution in [2.75, 3.05) is 13.1 Å². The van der Waals surface area contributed by atoms with Crippen LogP contribution in [0.1, 0.15) is 51.4 Å². The molecule has 0 aromatic carbocycles. The molecule has 0 spiro atoms. The van der Waals surface area contributed by atoms with Crippen molar-refractivity contribution in [1.82, 2.24) is 10.2 Å². The molecule has 2 atom stereocenters. The lowest BCUT2D eigenvalue weighted by Gasteiger charge is -2.19. The van der Waals surface area contributed by atoms with E-state index in [9.17, 15) is 0 Å². The van der Waals surface area contributed by atoms with E-state index in [1.165, 1.54) is 37.9 Å². The Morgan fingerprint density at radius 3 is 2.60 bits per heavy atom. The standard InChI is InChI=1S/C17H28N2O/c1-17(2,3)18-8-13-7-16(20-12-13)11-19-9-14-5-4-6-15(14)10-19/h7,12,14-15,18H,4-6,8-11H2,1-3H3. The fourth-order valence-corrected chi connectivity index (χ4v) is 3.65. The number of nitrogens with zero attached hydrogens (tertiary/aromatic N) is 1. The van der Waals surface area contributed by atoms with Crippen LogP contribution in [0, 0.1) is 11.8 Å². The van der Waals surface area contributed by atoms with Crippen molar-refractivity contribution < 1.29 is 4.42 Å². The van der Waals surface area contributed by atoms with E-state index in [1.54, 1.807) is 0 Å². The topological polar surface area (TPSA) is 28.4 Å². The lowest BCUT2D eigenvalue weighted by Crippen LogP contribution is -2.34. The van der Waals surface area contributed by atoms with E-state index in [0.29, 0.717) is 0 Å². The van der Waals surface area contributed by atoms with E-state index in [-0.39, 0.29) is 5.54 Å². The maximum absolute atomic E-state index is 5.73. The fourth-order valence-electron chi connectivity index (χ4n) is 3.65.